The van der Waals surface area contributed by atoms with Crippen LogP contribution in [0.4, 0.5) is 13.2 Å². The van der Waals surface area contributed by atoms with Gasteiger partial charge in [0.1, 0.15) is 0 Å². The van der Waals surface area contributed by atoms with E-state index in [1.54, 1.807) is 0 Å². The SMILES string of the molecule is NC(=O)CC(N)c1cn[nH]c1-c1ccc(C(F)(F)F)cc1. The molecule has 1 atom stereocenters. The minimum atomic E-state index is -4.39. The number of hydrogen-bond donors (Lipinski definition) is 3. The lowest BCUT2D eigenvalue weighted by Crippen LogP contribution is -2.20. The highest BCUT2D eigenvalue weighted by molar-refractivity contribution is 5.75. The summed E-state index contributed by atoms with van der Waals surface area (Å²) in [6.45, 7) is 0. The summed E-state index contributed by atoms with van der Waals surface area (Å²) in [4.78, 5) is 10.9. The normalized spacial score (nSPS) is 13.1. The van der Waals surface area contributed by atoms with E-state index in [0.717, 1.165) is 12.1 Å². The van der Waals surface area contributed by atoms with Gasteiger partial charge in [0.2, 0.25) is 5.91 Å². The van der Waals surface area contributed by atoms with E-state index in [0.29, 0.717) is 16.8 Å². The van der Waals surface area contributed by atoms with Crippen LogP contribution in [0.5, 0.6) is 0 Å². The molecule has 0 radical (unpaired) electrons. The highest BCUT2D eigenvalue weighted by Crippen LogP contribution is 2.32. The maximum Gasteiger partial charge on any atom is 0.416 e. The van der Waals surface area contributed by atoms with Crippen molar-refractivity contribution in [1.82, 2.24) is 10.2 Å². The molecule has 112 valence electrons. The Morgan fingerprint density at radius 1 is 1.29 bits per heavy atom. The molecule has 1 aromatic heterocycles. The van der Waals surface area contributed by atoms with Gasteiger partial charge < -0.3 is 11.5 Å². The van der Waals surface area contributed by atoms with Gasteiger partial charge in [-0.15, -0.1) is 0 Å². The number of carbonyl (C=O) groups is 1. The summed E-state index contributed by atoms with van der Waals surface area (Å²) in [6.07, 6.45) is -3.04. The number of primary amides is 1. The fraction of sp³-hybridized carbons (Fsp3) is 0.231. The highest BCUT2D eigenvalue weighted by Gasteiger charge is 2.30. The molecular formula is C13H13F3N4O. The molecule has 2 rings (SSSR count). The van der Waals surface area contributed by atoms with Gasteiger partial charge in [-0.25, -0.2) is 0 Å². The molecular weight excluding hydrogens is 285 g/mol. The summed E-state index contributed by atoms with van der Waals surface area (Å²) in [5.74, 6) is -0.568. The van der Waals surface area contributed by atoms with Gasteiger partial charge in [-0.1, -0.05) is 12.1 Å². The molecule has 1 amide bonds. The van der Waals surface area contributed by atoms with Crippen molar-refractivity contribution >= 4 is 5.91 Å². The van der Waals surface area contributed by atoms with Crippen LogP contribution in [-0.4, -0.2) is 16.1 Å². The zero-order valence-corrected chi connectivity index (χ0v) is 10.8. The first-order chi connectivity index (χ1) is 9.79. The van der Waals surface area contributed by atoms with E-state index in [2.05, 4.69) is 10.2 Å². The minimum Gasteiger partial charge on any atom is -0.370 e. The van der Waals surface area contributed by atoms with Gasteiger partial charge >= 0.3 is 6.18 Å². The van der Waals surface area contributed by atoms with Crippen molar-refractivity contribution in [2.45, 2.75) is 18.6 Å². The van der Waals surface area contributed by atoms with E-state index in [1.165, 1.54) is 18.3 Å². The third-order valence-electron chi connectivity index (χ3n) is 2.99. The summed E-state index contributed by atoms with van der Waals surface area (Å²) < 4.78 is 37.6. The van der Waals surface area contributed by atoms with Crippen LogP contribution in [0.2, 0.25) is 0 Å². The number of rotatable bonds is 4. The number of H-pyrrole nitrogens is 1. The van der Waals surface area contributed by atoms with Crippen molar-refractivity contribution in [2.75, 3.05) is 0 Å². The Kier molecular flexibility index (Phi) is 3.99. The molecule has 0 saturated carbocycles. The van der Waals surface area contributed by atoms with Gasteiger partial charge in [0.25, 0.3) is 0 Å². The van der Waals surface area contributed by atoms with Crippen LogP contribution in [0.15, 0.2) is 30.5 Å². The van der Waals surface area contributed by atoms with Gasteiger partial charge in [0.05, 0.1) is 17.5 Å². The van der Waals surface area contributed by atoms with Gasteiger partial charge in [-0.2, -0.15) is 18.3 Å². The van der Waals surface area contributed by atoms with Gasteiger partial charge in [-0.3, -0.25) is 9.89 Å². The van der Waals surface area contributed by atoms with Gasteiger partial charge in [0.15, 0.2) is 0 Å². The molecule has 8 heteroatoms. The van der Waals surface area contributed by atoms with Crippen LogP contribution in [0.1, 0.15) is 23.6 Å². The quantitative estimate of drug-likeness (QED) is 0.804. The lowest BCUT2D eigenvalue weighted by atomic mass is 10.00. The molecule has 0 aliphatic carbocycles. The van der Waals surface area contributed by atoms with E-state index < -0.39 is 23.7 Å². The van der Waals surface area contributed by atoms with Crippen molar-refractivity contribution in [3.8, 4) is 11.3 Å². The Hall–Kier alpha value is -2.35. The molecule has 0 fully saturated rings. The zero-order valence-electron chi connectivity index (χ0n) is 10.8. The number of benzene rings is 1. The smallest absolute Gasteiger partial charge is 0.370 e. The molecule has 5 N–H and O–H groups in total. The Labute approximate surface area is 118 Å². The molecule has 0 bridgehead atoms. The van der Waals surface area contributed by atoms with Gasteiger partial charge in [-0.05, 0) is 17.7 Å². The third-order valence-corrected chi connectivity index (χ3v) is 2.99. The van der Waals surface area contributed by atoms with Crippen molar-refractivity contribution < 1.29 is 18.0 Å². The number of nitrogens with one attached hydrogen (secondary N) is 1. The van der Waals surface area contributed by atoms with Crippen LogP contribution < -0.4 is 11.5 Å². The monoisotopic (exact) mass is 298 g/mol. The summed E-state index contributed by atoms with van der Waals surface area (Å²) >= 11 is 0. The van der Waals surface area contributed by atoms with Crippen molar-refractivity contribution in [1.29, 1.82) is 0 Å². The molecule has 1 heterocycles. The van der Waals surface area contributed by atoms with E-state index in [9.17, 15) is 18.0 Å². The lowest BCUT2D eigenvalue weighted by Gasteiger charge is -2.11. The maximum absolute atomic E-state index is 12.5. The number of carbonyl (C=O) groups excluding carboxylic acids is 1. The number of nitrogens with zero attached hydrogens (tertiary/aromatic N) is 1. The Morgan fingerprint density at radius 2 is 1.90 bits per heavy atom. The Morgan fingerprint density at radius 3 is 2.43 bits per heavy atom. The average molecular weight is 298 g/mol. The molecule has 0 spiro atoms. The number of amides is 1. The fourth-order valence-corrected chi connectivity index (χ4v) is 1.96. The first-order valence-electron chi connectivity index (χ1n) is 6.04. The van der Waals surface area contributed by atoms with Crippen LogP contribution in [0, 0.1) is 0 Å². The number of alkyl halides is 3. The minimum absolute atomic E-state index is 0.0762. The molecule has 0 aliphatic rings. The summed E-state index contributed by atoms with van der Waals surface area (Å²) in [5.41, 5.74) is 11.7. The topological polar surface area (TPSA) is 97.8 Å². The van der Waals surface area contributed by atoms with Crippen molar-refractivity contribution in [2.24, 2.45) is 11.5 Å². The summed E-state index contributed by atoms with van der Waals surface area (Å²) in [6, 6.07) is 3.91. The molecule has 5 nitrogen and oxygen atoms in total. The third kappa shape index (κ3) is 3.40. The second kappa shape index (κ2) is 5.57. The number of hydrogen-bond acceptors (Lipinski definition) is 3. The van der Waals surface area contributed by atoms with E-state index in [1.807, 2.05) is 0 Å². The van der Waals surface area contributed by atoms with Crippen molar-refractivity contribution in [3.05, 3.63) is 41.6 Å². The van der Waals surface area contributed by atoms with Crippen LogP contribution in [0.25, 0.3) is 11.3 Å². The van der Waals surface area contributed by atoms with E-state index in [4.69, 9.17) is 11.5 Å². The Balaban J connectivity index is 2.31. The molecule has 0 saturated heterocycles. The predicted molar refractivity (Wildman–Crippen MR) is 69.8 cm³/mol. The van der Waals surface area contributed by atoms with Gasteiger partial charge in [0, 0.05) is 18.0 Å². The number of aromatic amines is 1. The summed E-state index contributed by atoms with van der Waals surface area (Å²) in [5, 5.41) is 6.49. The van der Waals surface area contributed by atoms with Crippen molar-refractivity contribution in [3.63, 3.8) is 0 Å². The lowest BCUT2D eigenvalue weighted by molar-refractivity contribution is -0.137. The molecule has 0 aliphatic heterocycles. The molecule has 1 aromatic carbocycles. The first-order valence-corrected chi connectivity index (χ1v) is 6.04. The Bertz CT molecular complexity index is 634. The fourth-order valence-electron chi connectivity index (χ4n) is 1.96. The molecule has 2 aromatic rings. The predicted octanol–water partition coefficient (Wildman–Crippen LogP) is 1.97. The molecule has 1 unspecified atom stereocenters. The maximum atomic E-state index is 12.5. The second-order valence-electron chi connectivity index (χ2n) is 4.55. The number of halogens is 3. The average Bonchev–Trinajstić information content (AvgIpc) is 2.86. The first kappa shape index (κ1) is 15.0. The highest BCUT2D eigenvalue weighted by atomic mass is 19.4. The van der Waals surface area contributed by atoms with Crippen LogP contribution in [-0.2, 0) is 11.0 Å². The molecule has 21 heavy (non-hydrogen) atoms. The standard InChI is InChI=1S/C13H13F3N4O/c14-13(15,16)8-3-1-7(2-4-8)12-9(6-19-20-12)10(17)5-11(18)21/h1-4,6,10H,5,17H2,(H2,18,21)(H,19,20). The van der Waals surface area contributed by atoms with Crippen LogP contribution in [0.3, 0.4) is 0 Å². The zero-order chi connectivity index (χ0) is 15.6. The number of aromatic nitrogens is 2. The second-order valence-corrected chi connectivity index (χ2v) is 4.55. The van der Waals surface area contributed by atoms with E-state index >= 15 is 0 Å². The van der Waals surface area contributed by atoms with E-state index in [-0.39, 0.29) is 6.42 Å². The number of nitrogens with two attached hydrogens (primary N) is 2. The largest absolute Gasteiger partial charge is 0.416 e. The summed E-state index contributed by atoms with van der Waals surface area (Å²) in [7, 11) is 0. The van der Waals surface area contributed by atoms with Crippen LogP contribution >= 0.6 is 0 Å².